The molecule has 1 aliphatic carbocycles. The number of imidazole rings is 1. The van der Waals surface area contributed by atoms with Crippen LogP contribution in [0.25, 0.3) is 0 Å². The Hall–Kier alpha value is -0.880. The van der Waals surface area contributed by atoms with Crippen molar-refractivity contribution in [3.8, 4) is 0 Å². The number of aromatic nitrogens is 2. The van der Waals surface area contributed by atoms with Gasteiger partial charge in [0, 0.05) is 32.5 Å². The molecule has 0 saturated heterocycles. The molecule has 5 nitrogen and oxygen atoms in total. The van der Waals surface area contributed by atoms with E-state index in [0.29, 0.717) is 11.9 Å². The summed E-state index contributed by atoms with van der Waals surface area (Å²) in [5, 5.41) is -0.585. The third-order valence-electron chi connectivity index (χ3n) is 2.96. The topological polar surface area (TPSA) is 55.2 Å². The highest BCUT2D eigenvalue weighted by molar-refractivity contribution is 7.89. The first-order valence-corrected chi connectivity index (χ1v) is 6.89. The molecule has 0 aliphatic heterocycles. The van der Waals surface area contributed by atoms with E-state index in [0.717, 1.165) is 12.8 Å². The molecule has 1 unspecified atom stereocenters. The number of nitrogens with zero attached hydrogens (tertiary/aromatic N) is 3. The second-order valence-corrected chi connectivity index (χ2v) is 6.86. The molecule has 1 aliphatic rings. The van der Waals surface area contributed by atoms with E-state index >= 15 is 0 Å². The molecule has 2 rings (SSSR count). The van der Waals surface area contributed by atoms with Crippen LogP contribution in [-0.4, -0.2) is 36.4 Å². The van der Waals surface area contributed by atoms with Gasteiger partial charge in [-0.2, -0.15) is 0 Å². The highest BCUT2D eigenvalue weighted by Gasteiger charge is 2.33. The normalized spacial score (nSPS) is 19.0. The van der Waals surface area contributed by atoms with Crippen LogP contribution in [-0.2, 0) is 10.0 Å². The Bertz CT molecular complexity index is 474. The monoisotopic (exact) mass is 243 g/mol. The van der Waals surface area contributed by atoms with Crippen molar-refractivity contribution in [1.82, 2.24) is 13.9 Å². The zero-order chi connectivity index (χ0) is 11.9. The fraction of sp³-hybridized carbons (Fsp3) is 0.700. The van der Waals surface area contributed by atoms with Gasteiger partial charge in [-0.3, -0.25) is 0 Å². The molecule has 1 heterocycles. The van der Waals surface area contributed by atoms with Gasteiger partial charge < -0.3 is 4.57 Å². The molecule has 0 bridgehead atoms. The largest absolute Gasteiger partial charge is 0.331 e. The minimum absolute atomic E-state index is 0.456. The van der Waals surface area contributed by atoms with Gasteiger partial charge in [0.15, 0.2) is 0 Å². The summed E-state index contributed by atoms with van der Waals surface area (Å²) in [6.07, 6.45) is 5.79. The summed E-state index contributed by atoms with van der Waals surface area (Å²) in [7, 11) is -0.174. The summed E-state index contributed by atoms with van der Waals surface area (Å²) >= 11 is 0. The van der Waals surface area contributed by atoms with Gasteiger partial charge in [0.1, 0.15) is 11.1 Å². The smallest absolute Gasteiger partial charge is 0.223 e. The van der Waals surface area contributed by atoms with Gasteiger partial charge in [0.25, 0.3) is 0 Å². The van der Waals surface area contributed by atoms with Crippen LogP contribution < -0.4 is 0 Å². The molecule has 0 radical (unpaired) electrons. The van der Waals surface area contributed by atoms with Crippen LogP contribution in [0.15, 0.2) is 12.4 Å². The van der Waals surface area contributed by atoms with Gasteiger partial charge in [-0.25, -0.2) is 17.7 Å². The molecular weight excluding hydrogens is 226 g/mol. The van der Waals surface area contributed by atoms with Crippen LogP contribution in [0, 0.1) is 0 Å². The Balaban J connectivity index is 2.33. The Kier molecular flexibility index (Phi) is 2.79. The van der Waals surface area contributed by atoms with Crippen molar-refractivity contribution in [2.45, 2.75) is 31.1 Å². The van der Waals surface area contributed by atoms with E-state index in [2.05, 4.69) is 4.98 Å². The number of sulfonamides is 1. The van der Waals surface area contributed by atoms with E-state index in [1.807, 2.05) is 10.8 Å². The second-order valence-electron chi connectivity index (χ2n) is 4.39. The molecule has 1 aromatic rings. The maximum absolute atomic E-state index is 12.0. The van der Waals surface area contributed by atoms with Gasteiger partial charge in [-0.15, -0.1) is 0 Å². The number of hydrogen-bond acceptors (Lipinski definition) is 3. The van der Waals surface area contributed by atoms with E-state index < -0.39 is 15.3 Å². The van der Waals surface area contributed by atoms with E-state index in [9.17, 15) is 8.42 Å². The fourth-order valence-corrected chi connectivity index (χ4v) is 2.83. The lowest BCUT2D eigenvalue weighted by Gasteiger charge is -2.18. The SMILES string of the molecule is CC(c1nccn1C1CC1)S(=O)(=O)N(C)C. The summed E-state index contributed by atoms with van der Waals surface area (Å²) in [6.45, 7) is 1.69. The first kappa shape index (κ1) is 11.6. The lowest BCUT2D eigenvalue weighted by atomic mass is 10.4. The zero-order valence-electron chi connectivity index (χ0n) is 9.79. The predicted molar refractivity (Wildman–Crippen MR) is 61.5 cm³/mol. The van der Waals surface area contributed by atoms with Gasteiger partial charge in [-0.05, 0) is 19.8 Å². The maximum atomic E-state index is 12.0. The Labute approximate surface area is 96.1 Å². The summed E-state index contributed by atoms with van der Waals surface area (Å²) < 4.78 is 27.2. The lowest BCUT2D eigenvalue weighted by molar-refractivity contribution is 0.503. The van der Waals surface area contributed by atoms with Crippen LogP contribution in [0.4, 0.5) is 0 Å². The van der Waals surface area contributed by atoms with Crippen molar-refractivity contribution in [2.24, 2.45) is 0 Å². The van der Waals surface area contributed by atoms with Crippen LogP contribution in [0.5, 0.6) is 0 Å². The molecule has 90 valence electrons. The third kappa shape index (κ3) is 1.87. The number of hydrogen-bond donors (Lipinski definition) is 0. The predicted octanol–water partition coefficient (Wildman–Crippen LogP) is 1.17. The maximum Gasteiger partial charge on any atom is 0.223 e. The van der Waals surface area contributed by atoms with E-state index in [1.54, 1.807) is 27.2 Å². The van der Waals surface area contributed by atoms with Crippen molar-refractivity contribution in [3.05, 3.63) is 18.2 Å². The fourth-order valence-electron chi connectivity index (χ4n) is 1.75. The van der Waals surface area contributed by atoms with E-state index in [1.165, 1.54) is 4.31 Å². The molecule has 1 fully saturated rings. The Morgan fingerprint density at radius 1 is 1.50 bits per heavy atom. The van der Waals surface area contributed by atoms with E-state index in [4.69, 9.17) is 0 Å². The molecule has 1 aromatic heterocycles. The molecule has 0 aromatic carbocycles. The average Bonchev–Trinajstić information content (AvgIpc) is 2.95. The molecule has 1 saturated carbocycles. The van der Waals surface area contributed by atoms with Crippen molar-refractivity contribution in [3.63, 3.8) is 0 Å². The first-order valence-electron chi connectivity index (χ1n) is 5.38. The zero-order valence-corrected chi connectivity index (χ0v) is 10.6. The molecule has 6 heteroatoms. The molecule has 16 heavy (non-hydrogen) atoms. The van der Waals surface area contributed by atoms with Crippen molar-refractivity contribution in [2.75, 3.05) is 14.1 Å². The van der Waals surface area contributed by atoms with Gasteiger partial charge in [0.05, 0.1) is 0 Å². The van der Waals surface area contributed by atoms with Crippen molar-refractivity contribution in [1.29, 1.82) is 0 Å². The first-order chi connectivity index (χ1) is 7.44. The summed E-state index contributed by atoms with van der Waals surface area (Å²) in [6, 6.07) is 0.456. The third-order valence-corrected chi connectivity index (χ3v) is 5.08. The van der Waals surface area contributed by atoms with Crippen LogP contribution >= 0.6 is 0 Å². The minimum Gasteiger partial charge on any atom is -0.331 e. The standard InChI is InChI=1S/C10H17N3O2S/c1-8(16(14,15)12(2)3)10-11-6-7-13(10)9-4-5-9/h6-9H,4-5H2,1-3H3. The average molecular weight is 243 g/mol. The lowest BCUT2D eigenvalue weighted by Crippen LogP contribution is -2.28. The van der Waals surface area contributed by atoms with Gasteiger partial charge in [-0.1, -0.05) is 0 Å². The number of rotatable bonds is 4. The van der Waals surface area contributed by atoms with E-state index in [-0.39, 0.29) is 0 Å². The summed E-state index contributed by atoms with van der Waals surface area (Å²) in [4.78, 5) is 4.18. The van der Waals surface area contributed by atoms with Crippen molar-refractivity contribution >= 4 is 10.0 Å². The summed E-state index contributed by atoms with van der Waals surface area (Å²) in [5.74, 6) is 0.649. The van der Waals surface area contributed by atoms with Gasteiger partial charge >= 0.3 is 0 Å². The molecule has 0 amide bonds. The quantitative estimate of drug-likeness (QED) is 0.797. The highest BCUT2D eigenvalue weighted by atomic mass is 32.2. The van der Waals surface area contributed by atoms with Crippen LogP contribution in [0.1, 0.15) is 36.9 Å². The Morgan fingerprint density at radius 3 is 2.62 bits per heavy atom. The van der Waals surface area contributed by atoms with Crippen LogP contribution in [0.2, 0.25) is 0 Å². The molecule has 1 atom stereocenters. The molecular formula is C10H17N3O2S. The van der Waals surface area contributed by atoms with Gasteiger partial charge in [0.2, 0.25) is 10.0 Å². The second kappa shape index (κ2) is 3.85. The van der Waals surface area contributed by atoms with Crippen molar-refractivity contribution < 1.29 is 8.42 Å². The summed E-state index contributed by atoms with van der Waals surface area (Å²) in [5.41, 5.74) is 0. The minimum atomic E-state index is -3.28. The molecule has 0 N–H and O–H groups in total. The van der Waals surface area contributed by atoms with Crippen LogP contribution in [0.3, 0.4) is 0 Å². The molecule has 0 spiro atoms. The Morgan fingerprint density at radius 2 is 2.12 bits per heavy atom. The highest BCUT2D eigenvalue weighted by Crippen LogP contribution is 2.37.